The van der Waals surface area contributed by atoms with E-state index in [0.29, 0.717) is 30.6 Å². The van der Waals surface area contributed by atoms with Crippen LogP contribution in [0.15, 0.2) is 48.5 Å². The van der Waals surface area contributed by atoms with E-state index in [1.54, 1.807) is 0 Å². The Hall–Kier alpha value is -3.52. The van der Waals surface area contributed by atoms with Crippen LogP contribution in [0, 0.1) is 5.92 Å². The Bertz CT molecular complexity index is 1300. The van der Waals surface area contributed by atoms with Gasteiger partial charge in [-0.25, -0.2) is 19.7 Å². The second kappa shape index (κ2) is 12.3. The Balaban J connectivity index is 1.10. The third-order valence-electron chi connectivity index (χ3n) is 7.86. The van der Waals surface area contributed by atoms with Crippen LogP contribution in [0.25, 0.3) is 11.4 Å². The van der Waals surface area contributed by atoms with Crippen molar-refractivity contribution in [2.45, 2.75) is 83.3 Å². The van der Waals surface area contributed by atoms with E-state index in [2.05, 4.69) is 48.5 Å². The van der Waals surface area contributed by atoms with Gasteiger partial charge in [-0.15, -0.1) is 0 Å². The number of hydrogen-bond acceptors (Lipinski definition) is 7. The van der Waals surface area contributed by atoms with Crippen molar-refractivity contribution in [1.29, 1.82) is 0 Å². The van der Waals surface area contributed by atoms with Crippen molar-refractivity contribution in [2.24, 2.45) is 5.92 Å². The molecule has 1 aliphatic carbocycles. The Morgan fingerprint density at radius 2 is 1.93 bits per heavy atom. The first-order valence-electron chi connectivity index (χ1n) is 14.5. The van der Waals surface area contributed by atoms with Crippen molar-refractivity contribution in [3.8, 4) is 11.4 Å². The fourth-order valence-electron chi connectivity index (χ4n) is 5.32. The highest BCUT2D eigenvalue weighted by Crippen LogP contribution is 2.34. The molecule has 5 rings (SSSR count). The summed E-state index contributed by atoms with van der Waals surface area (Å²) in [5.41, 5.74) is 4.02. The lowest BCUT2D eigenvalue weighted by molar-refractivity contribution is -0.138. The molecule has 8 nitrogen and oxygen atoms in total. The molecule has 0 radical (unpaired) electrons. The van der Waals surface area contributed by atoms with Gasteiger partial charge in [-0.2, -0.15) is 0 Å². The van der Waals surface area contributed by atoms with Gasteiger partial charge >= 0.3 is 5.97 Å². The number of aliphatic carboxylic acids is 1. The van der Waals surface area contributed by atoms with Crippen molar-refractivity contribution < 1.29 is 14.6 Å². The summed E-state index contributed by atoms with van der Waals surface area (Å²) in [7, 11) is 0. The number of fused-ring (bicyclic) bond motifs is 1. The minimum atomic E-state index is -0.917. The van der Waals surface area contributed by atoms with Crippen molar-refractivity contribution in [3.63, 3.8) is 0 Å². The summed E-state index contributed by atoms with van der Waals surface area (Å²) in [5, 5.41) is 16.5. The summed E-state index contributed by atoms with van der Waals surface area (Å²) in [6, 6.07) is 15.2. The third kappa shape index (κ3) is 7.16. The lowest BCUT2D eigenvalue weighted by Gasteiger charge is -2.35. The van der Waals surface area contributed by atoms with Gasteiger partial charge in [0.05, 0.1) is 11.8 Å². The van der Waals surface area contributed by atoms with E-state index >= 15 is 0 Å². The van der Waals surface area contributed by atoms with Crippen molar-refractivity contribution in [2.75, 3.05) is 23.8 Å². The molecule has 0 bridgehead atoms. The number of rotatable bonds is 11. The first kappa shape index (κ1) is 28.0. The van der Waals surface area contributed by atoms with E-state index in [-0.39, 0.29) is 11.5 Å². The normalized spacial score (nSPS) is 19.2. The van der Waals surface area contributed by atoms with Crippen LogP contribution >= 0.6 is 0 Å². The van der Waals surface area contributed by atoms with E-state index in [0.717, 1.165) is 61.4 Å². The summed E-state index contributed by atoms with van der Waals surface area (Å²) in [6.07, 6.45) is 6.99. The van der Waals surface area contributed by atoms with Crippen LogP contribution < -0.4 is 10.6 Å². The number of carboxylic acid groups (broad SMARTS) is 1. The van der Waals surface area contributed by atoms with Gasteiger partial charge in [-0.05, 0) is 56.1 Å². The average molecular weight is 544 g/mol. The maximum Gasteiger partial charge on any atom is 0.326 e. The van der Waals surface area contributed by atoms with E-state index < -0.39 is 12.0 Å². The topological polar surface area (TPSA) is 109 Å². The molecule has 0 amide bonds. The number of aryl methyl sites for hydroxylation is 2. The molecule has 3 heterocycles. The van der Waals surface area contributed by atoms with Gasteiger partial charge in [0.1, 0.15) is 17.7 Å². The minimum absolute atomic E-state index is 0.203. The summed E-state index contributed by atoms with van der Waals surface area (Å²) < 4.78 is 6.06. The van der Waals surface area contributed by atoms with Gasteiger partial charge in [-0.3, -0.25) is 0 Å². The summed E-state index contributed by atoms with van der Waals surface area (Å²) in [6.45, 7) is 7.66. The Morgan fingerprint density at radius 1 is 1.12 bits per heavy atom. The van der Waals surface area contributed by atoms with Gasteiger partial charge in [0.25, 0.3) is 0 Å². The molecule has 212 valence electrons. The number of hydrogen-bond donors (Lipinski definition) is 3. The van der Waals surface area contributed by atoms with Crippen LogP contribution in [-0.2, 0) is 27.8 Å². The van der Waals surface area contributed by atoms with Crippen LogP contribution in [-0.4, -0.2) is 51.3 Å². The minimum Gasteiger partial charge on any atom is -0.480 e. The Morgan fingerprint density at radius 3 is 2.67 bits per heavy atom. The Kier molecular flexibility index (Phi) is 8.64. The predicted molar refractivity (Wildman–Crippen MR) is 158 cm³/mol. The fourth-order valence-corrected chi connectivity index (χ4v) is 5.32. The molecule has 0 saturated heterocycles. The van der Waals surface area contributed by atoms with Crippen LogP contribution in [0.2, 0.25) is 0 Å². The number of benzene rings is 1. The molecule has 2 aliphatic rings. The number of ether oxygens (including phenoxy) is 1. The summed E-state index contributed by atoms with van der Waals surface area (Å²) in [4.78, 5) is 26.3. The molecule has 1 saturated carbocycles. The van der Waals surface area contributed by atoms with E-state index in [9.17, 15) is 9.90 Å². The zero-order valence-electron chi connectivity index (χ0n) is 23.8. The van der Waals surface area contributed by atoms with Crippen molar-refractivity contribution in [1.82, 2.24) is 15.0 Å². The van der Waals surface area contributed by atoms with E-state index in [1.807, 2.05) is 36.4 Å². The molecule has 1 aliphatic heterocycles. The molecular formula is C32H41N5O3. The summed E-state index contributed by atoms with van der Waals surface area (Å²) in [5.74, 6) is 1.88. The smallest absolute Gasteiger partial charge is 0.326 e. The van der Waals surface area contributed by atoms with Crippen LogP contribution in [0.5, 0.6) is 0 Å². The maximum atomic E-state index is 12.1. The standard InChI is InChI=1S/C32H41N5O3/c1-32(2,3)27-20-28(37-30(36-27)22-8-5-4-6-9-22)35-26(31(38)39)15-17-40-25-18-21(19-25)11-13-24-14-12-23-10-7-16-33-29(23)34-24/h4-6,8-9,12,14,20-21,25-26H,7,10-11,13,15-19H2,1-3H3,(H,33,34)(H,38,39)(H,35,36,37). The SMILES string of the molecule is CC(C)(C)c1cc(NC(CCOC2CC(CCc3ccc4c(n3)NCCC4)C2)C(=O)O)nc(-c2ccccc2)n1. The molecule has 3 N–H and O–H groups in total. The van der Waals surface area contributed by atoms with Crippen LogP contribution in [0.3, 0.4) is 0 Å². The molecule has 40 heavy (non-hydrogen) atoms. The Labute approximate surface area is 237 Å². The number of carboxylic acids is 1. The zero-order chi connectivity index (χ0) is 28.1. The molecule has 1 fully saturated rings. The van der Waals surface area contributed by atoms with Gasteiger partial charge in [0.2, 0.25) is 0 Å². The molecule has 1 unspecified atom stereocenters. The molecular weight excluding hydrogens is 502 g/mol. The number of nitrogens with one attached hydrogen (secondary N) is 2. The van der Waals surface area contributed by atoms with E-state index in [1.165, 1.54) is 12.0 Å². The van der Waals surface area contributed by atoms with Crippen molar-refractivity contribution in [3.05, 3.63) is 65.5 Å². The number of anilines is 2. The molecule has 1 atom stereocenters. The number of pyridine rings is 1. The molecule has 1 aromatic carbocycles. The quantitative estimate of drug-likeness (QED) is 0.275. The van der Waals surface area contributed by atoms with Gasteiger partial charge in [-0.1, -0.05) is 57.2 Å². The van der Waals surface area contributed by atoms with Gasteiger partial charge in [0.15, 0.2) is 5.82 Å². The number of aromatic nitrogens is 3. The lowest BCUT2D eigenvalue weighted by atomic mass is 9.79. The molecule has 3 aromatic rings. The monoisotopic (exact) mass is 543 g/mol. The van der Waals surface area contributed by atoms with Crippen LogP contribution in [0.4, 0.5) is 11.6 Å². The first-order chi connectivity index (χ1) is 19.2. The lowest BCUT2D eigenvalue weighted by Crippen LogP contribution is -2.35. The predicted octanol–water partition coefficient (Wildman–Crippen LogP) is 5.88. The second-order valence-electron chi connectivity index (χ2n) is 12.1. The highest BCUT2D eigenvalue weighted by atomic mass is 16.5. The number of carbonyl (C=O) groups is 1. The highest BCUT2D eigenvalue weighted by molar-refractivity contribution is 5.77. The van der Waals surface area contributed by atoms with Crippen molar-refractivity contribution >= 4 is 17.6 Å². The second-order valence-corrected chi connectivity index (χ2v) is 12.1. The van der Waals surface area contributed by atoms with Crippen LogP contribution in [0.1, 0.15) is 69.8 Å². The molecule has 0 spiro atoms. The molecule has 8 heteroatoms. The largest absolute Gasteiger partial charge is 0.480 e. The van der Waals surface area contributed by atoms with Gasteiger partial charge in [0, 0.05) is 42.3 Å². The first-order valence-corrected chi connectivity index (χ1v) is 14.5. The third-order valence-corrected chi connectivity index (χ3v) is 7.86. The fraction of sp³-hybridized carbons (Fsp3) is 0.500. The summed E-state index contributed by atoms with van der Waals surface area (Å²) >= 11 is 0. The zero-order valence-corrected chi connectivity index (χ0v) is 23.8. The average Bonchev–Trinajstić information content (AvgIpc) is 2.92. The maximum absolute atomic E-state index is 12.1. The van der Waals surface area contributed by atoms with E-state index in [4.69, 9.17) is 14.7 Å². The highest BCUT2D eigenvalue weighted by Gasteiger charge is 2.30. The van der Waals surface area contributed by atoms with Gasteiger partial charge < -0.3 is 20.5 Å². The molecule has 2 aromatic heterocycles. The number of nitrogens with zero attached hydrogens (tertiary/aromatic N) is 3.